The second-order valence-corrected chi connectivity index (χ2v) is 7.92. The number of nitrogens with zero attached hydrogens (tertiary/aromatic N) is 1. The SMILES string of the molecule is CC(C)C(NC(=O)c1ccco1)C(=O)NCC1(N(C)C)CCCCCC1. The monoisotopic (exact) mass is 363 g/mol. The summed E-state index contributed by atoms with van der Waals surface area (Å²) in [6, 6.07) is 2.67. The molecule has 2 amide bonds. The van der Waals surface area contributed by atoms with Crippen LogP contribution in [0.3, 0.4) is 0 Å². The molecule has 1 aliphatic rings. The third-order valence-electron chi connectivity index (χ3n) is 5.56. The van der Waals surface area contributed by atoms with E-state index in [-0.39, 0.29) is 29.0 Å². The molecule has 1 atom stereocenters. The third kappa shape index (κ3) is 5.10. The van der Waals surface area contributed by atoms with Crippen molar-refractivity contribution < 1.29 is 14.0 Å². The zero-order valence-corrected chi connectivity index (χ0v) is 16.5. The van der Waals surface area contributed by atoms with Crippen LogP contribution in [0.2, 0.25) is 0 Å². The first-order chi connectivity index (χ1) is 12.4. The van der Waals surface area contributed by atoms with Crippen molar-refractivity contribution >= 4 is 11.8 Å². The van der Waals surface area contributed by atoms with Gasteiger partial charge in [0, 0.05) is 12.1 Å². The third-order valence-corrected chi connectivity index (χ3v) is 5.56. The Morgan fingerprint density at radius 3 is 2.35 bits per heavy atom. The first-order valence-electron chi connectivity index (χ1n) is 9.65. The zero-order chi connectivity index (χ0) is 19.2. The predicted octanol–water partition coefficient (Wildman–Crippen LogP) is 2.80. The first-order valence-corrected chi connectivity index (χ1v) is 9.65. The number of nitrogens with one attached hydrogen (secondary N) is 2. The molecule has 1 heterocycles. The van der Waals surface area contributed by atoms with Crippen molar-refractivity contribution in [3.63, 3.8) is 0 Å². The Kier molecular flexibility index (Phi) is 7.26. The van der Waals surface area contributed by atoms with Crippen LogP contribution in [0.1, 0.15) is 62.9 Å². The molecule has 1 aromatic rings. The Hall–Kier alpha value is -1.82. The molecule has 0 radical (unpaired) electrons. The summed E-state index contributed by atoms with van der Waals surface area (Å²) >= 11 is 0. The summed E-state index contributed by atoms with van der Waals surface area (Å²) in [5.74, 6) is -0.290. The second-order valence-electron chi connectivity index (χ2n) is 7.92. The van der Waals surface area contributed by atoms with Crippen LogP contribution < -0.4 is 10.6 Å². The molecule has 0 aliphatic heterocycles. The minimum atomic E-state index is -0.586. The number of carbonyl (C=O) groups excluding carboxylic acids is 2. The van der Waals surface area contributed by atoms with Gasteiger partial charge in [-0.15, -0.1) is 0 Å². The van der Waals surface area contributed by atoms with Gasteiger partial charge >= 0.3 is 0 Å². The van der Waals surface area contributed by atoms with Gasteiger partial charge in [0.2, 0.25) is 5.91 Å². The van der Waals surface area contributed by atoms with Crippen LogP contribution in [0.15, 0.2) is 22.8 Å². The van der Waals surface area contributed by atoms with Gasteiger partial charge in [-0.1, -0.05) is 39.5 Å². The van der Waals surface area contributed by atoms with Gasteiger partial charge in [-0.3, -0.25) is 9.59 Å². The van der Waals surface area contributed by atoms with Gasteiger partial charge < -0.3 is 20.0 Å². The number of hydrogen-bond acceptors (Lipinski definition) is 4. The molecule has 0 aromatic carbocycles. The molecule has 2 rings (SSSR count). The number of rotatable bonds is 7. The summed E-state index contributed by atoms with van der Waals surface area (Å²) in [5, 5.41) is 5.91. The van der Waals surface area contributed by atoms with E-state index >= 15 is 0 Å². The van der Waals surface area contributed by atoms with Gasteiger partial charge in [-0.2, -0.15) is 0 Å². The average Bonchev–Trinajstić information content (AvgIpc) is 3.03. The molecule has 2 N–H and O–H groups in total. The number of likely N-dealkylation sites (N-methyl/N-ethyl adjacent to an activating group) is 1. The lowest BCUT2D eigenvalue weighted by Crippen LogP contribution is -2.56. The highest BCUT2D eigenvalue weighted by Gasteiger charge is 2.35. The molecule has 0 saturated heterocycles. The highest BCUT2D eigenvalue weighted by atomic mass is 16.3. The van der Waals surface area contributed by atoms with Gasteiger partial charge in [-0.05, 0) is 45.0 Å². The Balaban J connectivity index is 2.00. The number of carbonyl (C=O) groups is 2. The molecule has 6 heteroatoms. The Morgan fingerprint density at radius 1 is 1.19 bits per heavy atom. The molecule has 1 saturated carbocycles. The van der Waals surface area contributed by atoms with E-state index in [1.54, 1.807) is 12.1 Å². The summed E-state index contributed by atoms with van der Waals surface area (Å²) < 4.78 is 5.12. The van der Waals surface area contributed by atoms with Crippen LogP contribution in [-0.2, 0) is 4.79 Å². The van der Waals surface area contributed by atoms with Gasteiger partial charge in [0.15, 0.2) is 5.76 Å². The number of amides is 2. The largest absolute Gasteiger partial charge is 0.459 e. The van der Waals surface area contributed by atoms with Crippen molar-refractivity contribution in [3.05, 3.63) is 24.2 Å². The van der Waals surface area contributed by atoms with E-state index in [1.165, 1.54) is 31.9 Å². The molecule has 1 fully saturated rings. The summed E-state index contributed by atoms with van der Waals surface area (Å²) in [7, 11) is 4.19. The lowest BCUT2D eigenvalue weighted by atomic mass is 9.88. The van der Waals surface area contributed by atoms with Crippen LogP contribution in [0.4, 0.5) is 0 Å². The van der Waals surface area contributed by atoms with Crippen LogP contribution in [0.25, 0.3) is 0 Å². The Bertz CT molecular complexity index is 573. The minimum absolute atomic E-state index is 0.00128. The summed E-state index contributed by atoms with van der Waals surface area (Å²) in [5.41, 5.74) is -0.00128. The van der Waals surface area contributed by atoms with Gasteiger partial charge in [0.1, 0.15) is 6.04 Å². The van der Waals surface area contributed by atoms with E-state index in [9.17, 15) is 9.59 Å². The molecular formula is C20H33N3O3. The quantitative estimate of drug-likeness (QED) is 0.731. The fourth-order valence-electron chi connectivity index (χ4n) is 3.69. The van der Waals surface area contributed by atoms with Crippen LogP contribution >= 0.6 is 0 Å². The average molecular weight is 364 g/mol. The zero-order valence-electron chi connectivity index (χ0n) is 16.5. The van der Waals surface area contributed by atoms with Crippen LogP contribution in [0.5, 0.6) is 0 Å². The molecule has 146 valence electrons. The smallest absolute Gasteiger partial charge is 0.287 e. The molecule has 0 bridgehead atoms. The van der Waals surface area contributed by atoms with Gasteiger partial charge in [0.05, 0.1) is 6.26 Å². The predicted molar refractivity (Wildman–Crippen MR) is 102 cm³/mol. The number of hydrogen-bond donors (Lipinski definition) is 2. The highest BCUT2D eigenvalue weighted by Crippen LogP contribution is 2.30. The maximum atomic E-state index is 12.8. The van der Waals surface area contributed by atoms with Crippen LogP contribution in [0, 0.1) is 5.92 Å². The maximum Gasteiger partial charge on any atom is 0.287 e. The molecule has 1 aliphatic carbocycles. The lowest BCUT2D eigenvalue weighted by Gasteiger charge is -2.40. The molecular weight excluding hydrogens is 330 g/mol. The summed E-state index contributed by atoms with van der Waals surface area (Å²) in [6.07, 6.45) is 8.53. The second kappa shape index (κ2) is 9.21. The van der Waals surface area contributed by atoms with E-state index in [0.29, 0.717) is 6.54 Å². The van der Waals surface area contributed by atoms with Crippen LogP contribution in [-0.4, -0.2) is 48.9 Å². The van der Waals surface area contributed by atoms with E-state index in [0.717, 1.165) is 12.8 Å². The summed E-state index contributed by atoms with van der Waals surface area (Å²) in [6.45, 7) is 4.47. The van der Waals surface area contributed by atoms with Crippen molar-refractivity contribution in [2.75, 3.05) is 20.6 Å². The molecule has 26 heavy (non-hydrogen) atoms. The fraction of sp³-hybridized carbons (Fsp3) is 0.700. The molecule has 1 aromatic heterocycles. The standard InChI is InChI=1S/C20H33N3O3/c1-15(2)17(22-18(24)16-10-9-13-26-16)19(25)21-14-20(23(3)4)11-7-5-6-8-12-20/h9-10,13,15,17H,5-8,11-12,14H2,1-4H3,(H,21,25)(H,22,24). The minimum Gasteiger partial charge on any atom is -0.459 e. The molecule has 1 unspecified atom stereocenters. The Labute approximate surface area is 156 Å². The number of furan rings is 1. The van der Waals surface area contributed by atoms with Gasteiger partial charge in [0.25, 0.3) is 5.91 Å². The Morgan fingerprint density at radius 2 is 1.85 bits per heavy atom. The van der Waals surface area contributed by atoms with E-state index < -0.39 is 6.04 Å². The first kappa shape index (κ1) is 20.5. The summed E-state index contributed by atoms with van der Waals surface area (Å²) in [4.78, 5) is 27.3. The van der Waals surface area contributed by atoms with Crippen molar-refractivity contribution in [2.45, 2.75) is 64.0 Å². The highest BCUT2D eigenvalue weighted by molar-refractivity contribution is 5.95. The van der Waals surface area contributed by atoms with Crippen molar-refractivity contribution in [1.82, 2.24) is 15.5 Å². The van der Waals surface area contributed by atoms with E-state index in [2.05, 4.69) is 29.6 Å². The normalized spacial score (nSPS) is 18.4. The van der Waals surface area contributed by atoms with Crippen molar-refractivity contribution in [2.24, 2.45) is 5.92 Å². The topological polar surface area (TPSA) is 74.6 Å². The molecule has 6 nitrogen and oxygen atoms in total. The van der Waals surface area contributed by atoms with Gasteiger partial charge in [-0.25, -0.2) is 0 Å². The lowest BCUT2D eigenvalue weighted by molar-refractivity contribution is -0.124. The fourth-order valence-corrected chi connectivity index (χ4v) is 3.69. The van der Waals surface area contributed by atoms with E-state index in [4.69, 9.17) is 4.42 Å². The molecule has 0 spiro atoms. The van der Waals surface area contributed by atoms with Crippen molar-refractivity contribution in [3.8, 4) is 0 Å². The van der Waals surface area contributed by atoms with Crippen molar-refractivity contribution in [1.29, 1.82) is 0 Å². The van der Waals surface area contributed by atoms with E-state index in [1.807, 2.05) is 13.8 Å². The maximum absolute atomic E-state index is 12.8.